The van der Waals surface area contributed by atoms with E-state index >= 15 is 0 Å². The van der Waals surface area contributed by atoms with Crippen LogP contribution >= 0.6 is 0 Å². The number of aromatic nitrogens is 1. The van der Waals surface area contributed by atoms with E-state index in [9.17, 15) is 9.18 Å². The van der Waals surface area contributed by atoms with Gasteiger partial charge in [0, 0.05) is 17.0 Å². The number of benzene rings is 2. The largest absolute Gasteiger partial charge is 0.465 e. The van der Waals surface area contributed by atoms with Crippen molar-refractivity contribution in [2.45, 2.75) is 0 Å². The van der Waals surface area contributed by atoms with Crippen LogP contribution in [0.3, 0.4) is 0 Å². The summed E-state index contributed by atoms with van der Waals surface area (Å²) < 4.78 is 18.1. The molecule has 0 bridgehead atoms. The highest BCUT2D eigenvalue weighted by molar-refractivity contribution is 6.07. The van der Waals surface area contributed by atoms with Crippen LogP contribution in [0, 0.1) is 5.82 Å². The maximum Gasteiger partial charge on any atom is 0.340 e. The number of fused-ring (bicyclic) bond motifs is 1. The number of nitrogens with zero attached hydrogens (tertiary/aromatic N) is 1. The molecule has 1 aromatic heterocycles. The molecule has 0 spiro atoms. The molecule has 2 N–H and O–H groups in total. The zero-order valence-corrected chi connectivity index (χ0v) is 11.8. The predicted octanol–water partition coefficient (Wildman–Crippen LogP) is 3.41. The quantitative estimate of drug-likeness (QED) is 0.736. The summed E-state index contributed by atoms with van der Waals surface area (Å²) in [6.07, 6.45) is 1.39. The molecule has 22 heavy (non-hydrogen) atoms. The maximum absolute atomic E-state index is 13.4. The molecule has 0 aliphatic carbocycles. The Labute approximate surface area is 126 Å². The van der Waals surface area contributed by atoms with E-state index in [1.54, 1.807) is 24.3 Å². The molecular weight excluding hydrogens is 283 g/mol. The Morgan fingerprint density at radius 3 is 2.64 bits per heavy atom. The fourth-order valence-corrected chi connectivity index (χ4v) is 2.38. The number of nitrogens with two attached hydrogens (primary N) is 1. The minimum Gasteiger partial charge on any atom is -0.465 e. The van der Waals surface area contributed by atoms with Gasteiger partial charge in [-0.25, -0.2) is 14.2 Å². The molecular formula is C17H13FN2O2. The average Bonchev–Trinajstić information content (AvgIpc) is 2.54. The van der Waals surface area contributed by atoms with Crippen molar-refractivity contribution >= 4 is 22.6 Å². The second kappa shape index (κ2) is 5.44. The van der Waals surface area contributed by atoms with Gasteiger partial charge in [-0.3, -0.25) is 0 Å². The van der Waals surface area contributed by atoms with Crippen molar-refractivity contribution in [2.75, 3.05) is 12.8 Å². The number of anilines is 1. The van der Waals surface area contributed by atoms with E-state index in [1.807, 2.05) is 6.07 Å². The minimum atomic E-state index is -0.476. The summed E-state index contributed by atoms with van der Waals surface area (Å²) in [5, 5.41) is 1.28. The van der Waals surface area contributed by atoms with E-state index in [0.717, 1.165) is 11.1 Å². The van der Waals surface area contributed by atoms with Crippen LogP contribution in [-0.2, 0) is 4.74 Å². The lowest BCUT2D eigenvalue weighted by molar-refractivity contribution is 0.0602. The molecule has 0 atom stereocenters. The molecule has 0 unspecified atom stereocenters. The van der Waals surface area contributed by atoms with E-state index in [2.05, 4.69) is 4.98 Å². The number of hydrogen-bond acceptors (Lipinski definition) is 4. The Kier molecular flexibility index (Phi) is 3.47. The van der Waals surface area contributed by atoms with E-state index in [4.69, 9.17) is 10.5 Å². The number of pyridine rings is 1. The first-order valence-electron chi connectivity index (χ1n) is 6.62. The molecule has 3 aromatic rings. The number of carbonyl (C=O) groups is 1. The highest BCUT2D eigenvalue weighted by atomic mass is 19.1. The van der Waals surface area contributed by atoms with E-state index in [0.29, 0.717) is 22.2 Å². The Hall–Kier alpha value is -2.95. The number of halogens is 1. The third kappa shape index (κ3) is 2.37. The summed E-state index contributed by atoms with van der Waals surface area (Å²) in [5.41, 5.74) is 7.77. The van der Waals surface area contributed by atoms with Crippen LogP contribution in [-0.4, -0.2) is 18.1 Å². The van der Waals surface area contributed by atoms with Gasteiger partial charge in [-0.15, -0.1) is 0 Å². The molecule has 0 radical (unpaired) electrons. The first-order valence-corrected chi connectivity index (χ1v) is 6.62. The van der Waals surface area contributed by atoms with Gasteiger partial charge in [-0.1, -0.05) is 24.3 Å². The predicted molar refractivity (Wildman–Crippen MR) is 82.9 cm³/mol. The lowest BCUT2D eigenvalue weighted by Crippen LogP contribution is -2.04. The number of esters is 1. The lowest BCUT2D eigenvalue weighted by atomic mass is 9.99. The van der Waals surface area contributed by atoms with Gasteiger partial charge < -0.3 is 10.5 Å². The first-order chi connectivity index (χ1) is 10.6. The summed E-state index contributed by atoms with van der Waals surface area (Å²) in [5.74, 6) is -0.482. The molecule has 5 heteroatoms. The van der Waals surface area contributed by atoms with Crippen LogP contribution in [0.4, 0.5) is 10.2 Å². The summed E-state index contributed by atoms with van der Waals surface area (Å²) in [7, 11) is 1.31. The van der Waals surface area contributed by atoms with Gasteiger partial charge in [0.1, 0.15) is 11.6 Å². The van der Waals surface area contributed by atoms with Crippen molar-refractivity contribution in [1.82, 2.24) is 4.98 Å². The van der Waals surface area contributed by atoms with Crippen LogP contribution in [0.2, 0.25) is 0 Å². The molecule has 0 amide bonds. The number of nitrogen functional groups attached to an aromatic ring is 1. The normalized spacial score (nSPS) is 10.6. The van der Waals surface area contributed by atoms with Gasteiger partial charge in [0.05, 0.1) is 12.7 Å². The molecule has 0 aliphatic rings. The van der Waals surface area contributed by atoms with Gasteiger partial charge in [0.2, 0.25) is 0 Å². The van der Waals surface area contributed by atoms with Gasteiger partial charge in [-0.2, -0.15) is 0 Å². The van der Waals surface area contributed by atoms with E-state index in [1.165, 1.54) is 25.4 Å². The number of hydrogen-bond donors (Lipinski definition) is 1. The summed E-state index contributed by atoms with van der Waals surface area (Å²) in [4.78, 5) is 15.8. The molecule has 1 heterocycles. The van der Waals surface area contributed by atoms with Gasteiger partial charge in [0.25, 0.3) is 0 Å². The monoisotopic (exact) mass is 296 g/mol. The van der Waals surface area contributed by atoms with Crippen LogP contribution in [0.25, 0.3) is 21.9 Å². The number of rotatable bonds is 2. The second-order valence-electron chi connectivity index (χ2n) is 4.82. The third-order valence-electron chi connectivity index (χ3n) is 3.48. The first kappa shape index (κ1) is 14.0. The summed E-state index contributed by atoms with van der Waals surface area (Å²) in [6.45, 7) is 0. The number of carbonyl (C=O) groups excluding carboxylic acids is 1. The molecule has 3 rings (SSSR count). The zero-order valence-electron chi connectivity index (χ0n) is 11.8. The lowest BCUT2D eigenvalue weighted by Gasteiger charge is -2.09. The highest BCUT2D eigenvalue weighted by Crippen LogP contribution is 2.29. The second-order valence-corrected chi connectivity index (χ2v) is 4.82. The molecule has 110 valence electrons. The van der Waals surface area contributed by atoms with E-state index < -0.39 is 5.97 Å². The molecule has 2 aromatic carbocycles. The Morgan fingerprint density at radius 2 is 1.91 bits per heavy atom. The van der Waals surface area contributed by atoms with Gasteiger partial charge in [0.15, 0.2) is 0 Å². The third-order valence-corrected chi connectivity index (χ3v) is 3.48. The van der Waals surface area contributed by atoms with Crippen LogP contribution in [0.15, 0.2) is 48.7 Å². The smallest absolute Gasteiger partial charge is 0.340 e. The fourth-order valence-electron chi connectivity index (χ4n) is 2.38. The van der Waals surface area contributed by atoms with Crippen LogP contribution in [0.1, 0.15) is 10.4 Å². The Balaban J connectivity index is 2.22. The van der Waals surface area contributed by atoms with Gasteiger partial charge in [-0.05, 0) is 29.3 Å². The van der Waals surface area contributed by atoms with Crippen molar-refractivity contribution < 1.29 is 13.9 Å². The number of ether oxygens (including phenoxy) is 1. The molecule has 0 fully saturated rings. The molecule has 4 nitrogen and oxygen atoms in total. The van der Waals surface area contributed by atoms with Crippen LogP contribution < -0.4 is 5.73 Å². The molecule has 0 saturated heterocycles. The Bertz CT molecular complexity index is 878. The molecule has 0 saturated carbocycles. The highest BCUT2D eigenvalue weighted by Gasteiger charge is 2.13. The standard InChI is InChI=1S/C17H13FN2O2/c1-22-17(21)15-9-20-16(19)14-8-11(5-6-13(14)15)10-3-2-4-12(18)7-10/h2-9H,1H3,(H2,19,20). The average molecular weight is 296 g/mol. The maximum atomic E-state index is 13.4. The van der Waals surface area contributed by atoms with Crippen molar-refractivity contribution in [3.8, 4) is 11.1 Å². The summed E-state index contributed by atoms with van der Waals surface area (Å²) >= 11 is 0. The number of methoxy groups -OCH3 is 1. The van der Waals surface area contributed by atoms with Crippen molar-refractivity contribution in [1.29, 1.82) is 0 Å². The van der Waals surface area contributed by atoms with Gasteiger partial charge >= 0.3 is 5.97 Å². The SMILES string of the molecule is COC(=O)c1cnc(N)c2cc(-c3cccc(F)c3)ccc12. The van der Waals surface area contributed by atoms with Crippen molar-refractivity contribution in [2.24, 2.45) is 0 Å². The minimum absolute atomic E-state index is 0.306. The topological polar surface area (TPSA) is 65.2 Å². The van der Waals surface area contributed by atoms with Crippen molar-refractivity contribution in [3.63, 3.8) is 0 Å². The zero-order chi connectivity index (χ0) is 15.7. The van der Waals surface area contributed by atoms with E-state index in [-0.39, 0.29) is 5.82 Å². The van der Waals surface area contributed by atoms with Crippen molar-refractivity contribution in [3.05, 3.63) is 60.0 Å². The fraction of sp³-hybridized carbons (Fsp3) is 0.0588. The Morgan fingerprint density at radius 1 is 1.14 bits per heavy atom. The summed E-state index contributed by atoms with van der Waals surface area (Å²) in [6, 6.07) is 11.6. The van der Waals surface area contributed by atoms with Crippen LogP contribution in [0.5, 0.6) is 0 Å². The molecule has 0 aliphatic heterocycles.